The van der Waals surface area contributed by atoms with Crippen molar-refractivity contribution in [3.05, 3.63) is 34.3 Å². The van der Waals surface area contributed by atoms with Crippen molar-refractivity contribution in [2.75, 3.05) is 13.2 Å². The predicted molar refractivity (Wildman–Crippen MR) is 74.0 cm³/mol. The van der Waals surface area contributed by atoms with Gasteiger partial charge in [0.2, 0.25) is 0 Å². The molecule has 108 valence electrons. The number of halogens is 1. The molecule has 0 aromatic heterocycles. The Kier molecular flexibility index (Phi) is 4.01. The average Bonchev–Trinajstić information content (AvgIpc) is 2.72. The van der Waals surface area contributed by atoms with E-state index in [0.717, 1.165) is 5.56 Å². The Bertz CT molecular complexity index is 560. The van der Waals surface area contributed by atoms with Crippen LogP contribution < -0.4 is 5.32 Å². The lowest BCUT2D eigenvalue weighted by Crippen LogP contribution is -2.49. The van der Waals surface area contributed by atoms with Gasteiger partial charge in [-0.1, -0.05) is 11.6 Å². The van der Waals surface area contributed by atoms with Gasteiger partial charge in [0.1, 0.15) is 5.41 Å². The van der Waals surface area contributed by atoms with Crippen LogP contribution >= 0.6 is 11.6 Å². The van der Waals surface area contributed by atoms with Crippen LogP contribution in [0.3, 0.4) is 0 Å². The molecule has 1 amide bonds. The number of aliphatic carboxylic acids is 1. The number of amides is 1. The molecule has 2 unspecified atom stereocenters. The highest BCUT2D eigenvalue weighted by atomic mass is 35.5. The molecule has 5 nitrogen and oxygen atoms in total. The second-order valence-electron chi connectivity index (χ2n) is 5.22. The van der Waals surface area contributed by atoms with E-state index in [1.54, 1.807) is 32.0 Å². The zero-order valence-electron chi connectivity index (χ0n) is 11.3. The van der Waals surface area contributed by atoms with Crippen molar-refractivity contribution in [3.63, 3.8) is 0 Å². The van der Waals surface area contributed by atoms with Crippen LogP contribution in [0, 0.1) is 12.3 Å². The molecule has 0 radical (unpaired) electrons. The summed E-state index contributed by atoms with van der Waals surface area (Å²) in [5, 5.41) is 12.6. The molecule has 1 aromatic carbocycles. The van der Waals surface area contributed by atoms with Crippen molar-refractivity contribution in [1.29, 1.82) is 0 Å². The molecule has 0 saturated carbocycles. The van der Waals surface area contributed by atoms with Gasteiger partial charge in [0.15, 0.2) is 0 Å². The summed E-state index contributed by atoms with van der Waals surface area (Å²) >= 11 is 5.85. The average molecular weight is 298 g/mol. The molecule has 1 fully saturated rings. The van der Waals surface area contributed by atoms with Gasteiger partial charge < -0.3 is 15.2 Å². The Balaban J connectivity index is 2.17. The minimum atomic E-state index is -1.10. The van der Waals surface area contributed by atoms with E-state index >= 15 is 0 Å². The molecule has 0 bridgehead atoms. The largest absolute Gasteiger partial charge is 0.481 e. The first kappa shape index (κ1) is 14.8. The number of rotatable bonds is 3. The lowest BCUT2D eigenvalue weighted by molar-refractivity contribution is -0.148. The molecule has 1 aromatic rings. The fraction of sp³-hybridized carbons (Fsp3) is 0.429. The van der Waals surface area contributed by atoms with Crippen molar-refractivity contribution in [2.45, 2.75) is 19.9 Å². The second-order valence-corrected chi connectivity index (χ2v) is 5.66. The molecule has 1 heterocycles. The first-order valence-corrected chi connectivity index (χ1v) is 6.60. The smallest absolute Gasteiger partial charge is 0.313 e. The Morgan fingerprint density at radius 3 is 2.80 bits per heavy atom. The third-order valence-corrected chi connectivity index (χ3v) is 3.92. The molecule has 1 aliphatic heterocycles. The molecule has 0 spiro atoms. The van der Waals surface area contributed by atoms with Gasteiger partial charge in [-0.3, -0.25) is 9.59 Å². The van der Waals surface area contributed by atoms with Crippen LogP contribution in [0.1, 0.15) is 22.8 Å². The summed E-state index contributed by atoms with van der Waals surface area (Å²) in [5.41, 5.74) is 0.121. The van der Waals surface area contributed by atoms with Crippen molar-refractivity contribution >= 4 is 23.5 Å². The van der Waals surface area contributed by atoms with Crippen molar-refractivity contribution in [2.24, 2.45) is 5.41 Å². The summed E-state index contributed by atoms with van der Waals surface area (Å²) in [5.74, 6) is -1.30. The van der Waals surface area contributed by atoms with Crippen molar-refractivity contribution < 1.29 is 19.4 Å². The maximum atomic E-state index is 12.2. The number of hydrogen-bond acceptors (Lipinski definition) is 3. The van der Waals surface area contributed by atoms with E-state index in [2.05, 4.69) is 5.32 Å². The van der Waals surface area contributed by atoms with Crippen LogP contribution in [0.15, 0.2) is 18.2 Å². The number of carboxylic acid groups (broad SMARTS) is 1. The lowest BCUT2D eigenvalue weighted by atomic mass is 9.85. The Morgan fingerprint density at radius 2 is 2.20 bits per heavy atom. The van der Waals surface area contributed by atoms with E-state index in [1.165, 1.54) is 0 Å². The van der Waals surface area contributed by atoms with E-state index in [-0.39, 0.29) is 19.1 Å². The van der Waals surface area contributed by atoms with Gasteiger partial charge >= 0.3 is 5.97 Å². The van der Waals surface area contributed by atoms with Gasteiger partial charge in [-0.2, -0.15) is 0 Å². The maximum Gasteiger partial charge on any atom is 0.313 e. The van der Waals surface area contributed by atoms with Crippen molar-refractivity contribution in [3.8, 4) is 0 Å². The number of nitrogens with one attached hydrogen (secondary N) is 1. The van der Waals surface area contributed by atoms with Crippen LogP contribution in [-0.2, 0) is 9.53 Å². The van der Waals surface area contributed by atoms with Gasteiger partial charge in [0.05, 0.1) is 19.3 Å². The second kappa shape index (κ2) is 5.42. The molecule has 2 N–H and O–H groups in total. The van der Waals surface area contributed by atoms with Crippen LogP contribution in [0.5, 0.6) is 0 Å². The highest BCUT2D eigenvalue weighted by Gasteiger charge is 2.47. The van der Waals surface area contributed by atoms with Crippen LogP contribution in [-0.4, -0.2) is 36.2 Å². The number of aryl methyl sites for hydroxylation is 1. The van der Waals surface area contributed by atoms with Gasteiger partial charge in [0, 0.05) is 10.6 Å². The molecule has 6 heteroatoms. The predicted octanol–water partition coefficient (Wildman–Crippen LogP) is 1.87. The maximum absolute atomic E-state index is 12.2. The first-order chi connectivity index (χ1) is 9.34. The molecular weight excluding hydrogens is 282 g/mol. The molecular formula is C14H16ClNO4. The number of ether oxygens (including phenoxy) is 1. The summed E-state index contributed by atoms with van der Waals surface area (Å²) in [7, 11) is 0. The van der Waals surface area contributed by atoms with E-state index in [1.807, 2.05) is 0 Å². The standard InChI is InChI=1S/C14H16ClNO4/c1-8-5-9(15)3-4-10(8)12(17)16-11-6-20-7-14(11,2)13(18)19/h3-5,11H,6-7H2,1-2H3,(H,16,17)(H,18,19). The quantitative estimate of drug-likeness (QED) is 0.893. The summed E-state index contributed by atoms with van der Waals surface area (Å²) in [4.78, 5) is 23.6. The Hall–Kier alpha value is -1.59. The summed E-state index contributed by atoms with van der Waals surface area (Å²) in [6, 6.07) is 4.40. The Morgan fingerprint density at radius 1 is 1.50 bits per heavy atom. The number of carbonyl (C=O) groups is 2. The highest BCUT2D eigenvalue weighted by Crippen LogP contribution is 2.29. The van der Waals surface area contributed by atoms with Gasteiger partial charge in [0.25, 0.3) is 5.91 Å². The highest BCUT2D eigenvalue weighted by molar-refractivity contribution is 6.30. The molecule has 1 aliphatic rings. The molecule has 2 atom stereocenters. The zero-order valence-corrected chi connectivity index (χ0v) is 12.0. The Labute approximate surface area is 121 Å². The number of carbonyl (C=O) groups excluding carboxylic acids is 1. The van der Waals surface area contributed by atoms with Gasteiger partial charge in [-0.05, 0) is 37.6 Å². The minimum absolute atomic E-state index is 0.0902. The monoisotopic (exact) mass is 297 g/mol. The third kappa shape index (κ3) is 2.64. The van der Waals surface area contributed by atoms with E-state index in [9.17, 15) is 14.7 Å². The summed E-state index contributed by atoms with van der Waals surface area (Å²) < 4.78 is 5.20. The van der Waals surface area contributed by atoms with E-state index in [0.29, 0.717) is 10.6 Å². The normalized spacial score (nSPS) is 25.4. The van der Waals surface area contributed by atoms with Crippen LogP contribution in [0.4, 0.5) is 0 Å². The van der Waals surface area contributed by atoms with Crippen molar-refractivity contribution in [1.82, 2.24) is 5.32 Å². The van der Waals surface area contributed by atoms with E-state index in [4.69, 9.17) is 16.3 Å². The fourth-order valence-electron chi connectivity index (χ4n) is 2.20. The first-order valence-electron chi connectivity index (χ1n) is 6.23. The zero-order chi connectivity index (χ0) is 14.9. The van der Waals surface area contributed by atoms with Gasteiger partial charge in [-0.15, -0.1) is 0 Å². The molecule has 20 heavy (non-hydrogen) atoms. The number of hydrogen-bond donors (Lipinski definition) is 2. The van der Waals surface area contributed by atoms with Crippen LogP contribution in [0.2, 0.25) is 5.02 Å². The van der Waals surface area contributed by atoms with Gasteiger partial charge in [-0.25, -0.2) is 0 Å². The third-order valence-electron chi connectivity index (χ3n) is 3.68. The SMILES string of the molecule is Cc1cc(Cl)ccc1C(=O)NC1COCC1(C)C(=O)O. The fourth-order valence-corrected chi connectivity index (χ4v) is 2.43. The lowest BCUT2D eigenvalue weighted by Gasteiger charge is -2.25. The minimum Gasteiger partial charge on any atom is -0.481 e. The molecule has 1 saturated heterocycles. The number of benzene rings is 1. The van der Waals surface area contributed by atoms with E-state index < -0.39 is 17.4 Å². The summed E-state index contributed by atoms with van der Waals surface area (Å²) in [6.07, 6.45) is 0. The topological polar surface area (TPSA) is 75.6 Å². The van der Waals surface area contributed by atoms with Crippen LogP contribution in [0.25, 0.3) is 0 Å². The summed E-state index contributed by atoms with van der Waals surface area (Å²) in [6.45, 7) is 3.64. The molecule has 2 rings (SSSR count). The molecule has 0 aliphatic carbocycles. The number of carboxylic acids is 1.